The second-order valence-electron chi connectivity index (χ2n) is 3.47. The van der Waals surface area contributed by atoms with E-state index in [-0.39, 0.29) is 5.56 Å². The number of rotatable bonds is 2. The fourth-order valence-corrected chi connectivity index (χ4v) is 1.48. The monoisotopic (exact) mass is 234 g/mol. The molecule has 0 saturated heterocycles. The first-order chi connectivity index (χ1) is 8.09. The molecular weight excluding hydrogens is 226 g/mol. The summed E-state index contributed by atoms with van der Waals surface area (Å²) in [5, 5.41) is 9.44. The fraction of sp³-hybridized carbons (Fsp3) is 0. The van der Waals surface area contributed by atoms with Crippen LogP contribution in [0.3, 0.4) is 0 Å². The molecule has 1 N–H and O–H groups in total. The minimum absolute atomic E-state index is 0.117. The van der Waals surface area contributed by atoms with E-state index in [1.54, 1.807) is 0 Å². The molecule has 0 amide bonds. The lowest BCUT2D eigenvalue weighted by atomic mass is 10.0. The minimum atomic E-state index is -0.806. The highest BCUT2D eigenvalue weighted by Gasteiger charge is 2.17. The van der Waals surface area contributed by atoms with Gasteiger partial charge in [0, 0.05) is 5.56 Å². The zero-order valence-corrected chi connectivity index (χ0v) is 8.65. The molecule has 2 rings (SSSR count). The predicted octanol–water partition coefficient (Wildman–Crippen LogP) is 2.90. The number of hydrogen-bond acceptors (Lipinski definition) is 2. The lowest BCUT2D eigenvalue weighted by molar-refractivity contribution is 0.103. The van der Waals surface area contributed by atoms with Crippen molar-refractivity contribution in [1.29, 1.82) is 0 Å². The molecule has 0 spiro atoms. The van der Waals surface area contributed by atoms with E-state index in [2.05, 4.69) is 0 Å². The number of aromatic hydroxyl groups is 1. The van der Waals surface area contributed by atoms with Gasteiger partial charge >= 0.3 is 0 Å². The topological polar surface area (TPSA) is 37.3 Å². The van der Waals surface area contributed by atoms with Crippen LogP contribution in [0, 0.1) is 11.6 Å². The van der Waals surface area contributed by atoms with Crippen molar-refractivity contribution in [2.45, 2.75) is 0 Å². The van der Waals surface area contributed by atoms with Crippen LogP contribution < -0.4 is 0 Å². The Bertz CT molecular complexity index is 542. The number of carbonyl (C=O) groups excluding carboxylic acids is 1. The van der Waals surface area contributed by atoms with Crippen LogP contribution in [-0.4, -0.2) is 10.9 Å². The Morgan fingerprint density at radius 1 is 1.00 bits per heavy atom. The third-order valence-electron chi connectivity index (χ3n) is 2.33. The van der Waals surface area contributed by atoms with Crippen LogP contribution in [0.5, 0.6) is 5.75 Å². The maximum absolute atomic E-state index is 13.4. The lowest BCUT2D eigenvalue weighted by Gasteiger charge is -2.04. The van der Waals surface area contributed by atoms with Crippen molar-refractivity contribution in [1.82, 2.24) is 0 Å². The van der Waals surface area contributed by atoms with Gasteiger partial charge in [-0.15, -0.1) is 0 Å². The van der Waals surface area contributed by atoms with E-state index in [1.807, 2.05) is 0 Å². The number of phenolic OH excluding ortho intramolecular Hbond substituents is 1. The van der Waals surface area contributed by atoms with E-state index in [1.165, 1.54) is 24.3 Å². The summed E-state index contributed by atoms with van der Waals surface area (Å²) in [4.78, 5) is 11.9. The summed E-state index contributed by atoms with van der Waals surface area (Å²) in [5.74, 6) is -2.40. The summed E-state index contributed by atoms with van der Waals surface area (Å²) in [6.45, 7) is 0. The second-order valence-corrected chi connectivity index (χ2v) is 3.47. The molecule has 86 valence electrons. The van der Waals surface area contributed by atoms with Crippen molar-refractivity contribution in [2.24, 2.45) is 0 Å². The molecule has 2 aromatic rings. The van der Waals surface area contributed by atoms with E-state index in [4.69, 9.17) is 0 Å². The first kappa shape index (κ1) is 11.3. The van der Waals surface area contributed by atoms with Crippen LogP contribution >= 0.6 is 0 Å². The van der Waals surface area contributed by atoms with Crippen LogP contribution in [0.1, 0.15) is 15.9 Å². The first-order valence-corrected chi connectivity index (χ1v) is 4.87. The average molecular weight is 234 g/mol. The van der Waals surface area contributed by atoms with Crippen LogP contribution in [0.25, 0.3) is 0 Å². The number of benzene rings is 2. The number of hydrogen-bond donors (Lipinski definition) is 1. The van der Waals surface area contributed by atoms with Gasteiger partial charge in [0.15, 0.2) is 5.78 Å². The summed E-state index contributed by atoms with van der Waals surface area (Å²) in [6.07, 6.45) is 0. The lowest BCUT2D eigenvalue weighted by Crippen LogP contribution is -2.04. The molecule has 0 heterocycles. The Balaban J connectivity index is 2.47. The maximum Gasteiger partial charge on any atom is 0.199 e. The number of ketones is 1. The normalized spacial score (nSPS) is 10.2. The van der Waals surface area contributed by atoms with E-state index in [0.717, 1.165) is 18.2 Å². The molecule has 0 unspecified atom stereocenters. The van der Waals surface area contributed by atoms with Gasteiger partial charge < -0.3 is 5.11 Å². The average Bonchev–Trinajstić information content (AvgIpc) is 2.29. The molecule has 2 aromatic carbocycles. The Kier molecular flexibility index (Phi) is 2.87. The molecule has 2 nitrogen and oxygen atoms in total. The van der Waals surface area contributed by atoms with Gasteiger partial charge in [-0.3, -0.25) is 4.79 Å². The summed E-state index contributed by atoms with van der Waals surface area (Å²) in [6, 6.07) is 8.28. The molecule has 0 radical (unpaired) electrons. The molecule has 0 aliphatic carbocycles. The van der Waals surface area contributed by atoms with E-state index in [9.17, 15) is 18.7 Å². The fourth-order valence-electron chi connectivity index (χ4n) is 1.48. The molecule has 0 saturated carbocycles. The van der Waals surface area contributed by atoms with Crippen LogP contribution in [0.4, 0.5) is 8.78 Å². The third kappa shape index (κ3) is 2.15. The quantitative estimate of drug-likeness (QED) is 0.811. The van der Waals surface area contributed by atoms with Gasteiger partial charge in [-0.2, -0.15) is 0 Å². The van der Waals surface area contributed by atoms with Crippen molar-refractivity contribution in [3.05, 3.63) is 65.2 Å². The molecule has 17 heavy (non-hydrogen) atoms. The highest BCUT2D eigenvalue weighted by molar-refractivity contribution is 6.10. The summed E-state index contributed by atoms with van der Waals surface area (Å²) < 4.78 is 26.1. The number of phenols is 1. The smallest absolute Gasteiger partial charge is 0.199 e. The van der Waals surface area contributed by atoms with Crippen LogP contribution in [0.2, 0.25) is 0 Å². The first-order valence-electron chi connectivity index (χ1n) is 4.87. The van der Waals surface area contributed by atoms with Crippen molar-refractivity contribution >= 4 is 5.78 Å². The Hall–Kier alpha value is -2.23. The van der Waals surface area contributed by atoms with Crippen molar-refractivity contribution in [3.8, 4) is 5.75 Å². The predicted molar refractivity (Wildman–Crippen MR) is 57.9 cm³/mol. The Labute approximate surface area is 96.1 Å². The molecular formula is C13H8F2O2. The summed E-state index contributed by atoms with van der Waals surface area (Å²) in [5.41, 5.74) is -0.286. The number of carbonyl (C=O) groups is 1. The van der Waals surface area contributed by atoms with Crippen molar-refractivity contribution in [3.63, 3.8) is 0 Å². The summed E-state index contributed by atoms with van der Waals surface area (Å²) >= 11 is 0. The van der Waals surface area contributed by atoms with Crippen molar-refractivity contribution < 1.29 is 18.7 Å². The highest BCUT2D eigenvalue weighted by Crippen LogP contribution is 2.23. The molecule has 4 heteroatoms. The third-order valence-corrected chi connectivity index (χ3v) is 2.33. The zero-order chi connectivity index (χ0) is 12.4. The minimum Gasteiger partial charge on any atom is -0.507 e. The Morgan fingerprint density at radius 2 is 1.65 bits per heavy atom. The van der Waals surface area contributed by atoms with Gasteiger partial charge in [0.2, 0.25) is 0 Å². The molecule has 0 fully saturated rings. The van der Waals surface area contributed by atoms with Gasteiger partial charge in [-0.05, 0) is 36.4 Å². The van der Waals surface area contributed by atoms with Crippen LogP contribution in [-0.2, 0) is 0 Å². The van der Waals surface area contributed by atoms with Gasteiger partial charge in [0.05, 0.1) is 5.56 Å². The largest absolute Gasteiger partial charge is 0.507 e. The molecule has 0 atom stereocenters. The zero-order valence-electron chi connectivity index (χ0n) is 8.65. The van der Waals surface area contributed by atoms with Gasteiger partial charge in [0.25, 0.3) is 0 Å². The van der Waals surface area contributed by atoms with E-state index >= 15 is 0 Å². The van der Waals surface area contributed by atoms with Gasteiger partial charge in [-0.25, -0.2) is 8.78 Å². The molecule has 0 aromatic heterocycles. The molecule has 0 aliphatic heterocycles. The second kappa shape index (κ2) is 4.33. The molecule has 0 aliphatic rings. The molecule has 0 bridgehead atoms. The number of halogens is 2. The standard InChI is InChI=1S/C13H8F2O2/c14-9-6-4-8(5-7-9)13(17)12-10(15)2-1-3-11(12)16/h1-7,16H. The van der Waals surface area contributed by atoms with Gasteiger partial charge in [0.1, 0.15) is 17.4 Å². The van der Waals surface area contributed by atoms with Crippen LogP contribution in [0.15, 0.2) is 42.5 Å². The van der Waals surface area contributed by atoms with E-state index in [0.29, 0.717) is 0 Å². The SMILES string of the molecule is O=C(c1ccc(F)cc1)c1c(O)cccc1F. The maximum atomic E-state index is 13.4. The summed E-state index contributed by atoms with van der Waals surface area (Å²) in [7, 11) is 0. The van der Waals surface area contributed by atoms with Gasteiger partial charge in [-0.1, -0.05) is 6.07 Å². The van der Waals surface area contributed by atoms with Crippen molar-refractivity contribution in [2.75, 3.05) is 0 Å². The van der Waals surface area contributed by atoms with E-state index < -0.39 is 28.7 Å². The highest BCUT2D eigenvalue weighted by atomic mass is 19.1. The Morgan fingerprint density at radius 3 is 2.24 bits per heavy atom.